The number of aromatic nitrogens is 4. The van der Waals surface area contributed by atoms with Crippen LogP contribution in [0.2, 0.25) is 0 Å². The summed E-state index contributed by atoms with van der Waals surface area (Å²) in [6, 6.07) is 3.79. The number of pyridine rings is 1. The predicted octanol–water partition coefficient (Wildman–Crippen LogP) is 1.33. The molecule has 9 nitrogen and oxygen atoms in total. The number of aliphatic hydroxyl groups is 1. The van der Waals surface area contributed by atoms with E-state index in [1.807, 2.05) is 23.7 Å². The van der Waals surface area contributed by atoms with Gasteiger partial charge in [0.25, 0.3) is 0 Å². The molecule has 3 rings (SSSR count). The Hall–Kier alpha value is -2.36. The zero-order chi connectivity index (χ0) is 22.2. The molecule has 9 heteroatoms. The molecule has 170 valence electrons. The van der Waals surface area contributed by atoms with Gasteiger partial charge in [-0.15, -0.1) is 5.10 Å². The molecule has 2 aromatic rings. The molecule has 1 N–H and O–H groups in total. The molecule has 0 bridgehead atoms. The molecule has 2 aromatic heterocycles. The van der Waals surface area contributed by atoms with E-state index in [0.717, 1.165) is 12.2 Å². The summed E-state index contributed by atoms with van der Waals surface area (Å²) in [6.07, 6.45) is 6.32. The lowest BCUT2D eigenvalue weighted by Gasteiger charge is -2.35. The van der Waals surface area contributed by atoms with Crippen LogP contribution in [-0.4, -0.2) is 79.7 Å². The van der Waals surface area contributed by atoms with Crippen molar-refractivity contribution in [2.24, 2.45) is 5.92 Å². The molecule has 3 atom stereocenters. The van der Waals surface area contributed by atoms with Crippen LogP contribution in [0.25, 0.3) is 0 Å². The van der Waals surface area contributed by atoms with Crippen molar-refractivity contribution >= 4 is 5.91 Å². The molecule has 0 saturated carbocycles. The standard InChI is InChI=1S/C22H34N6O3/c1-17-12-27(18(2)15-29)22(30)5-4-10-28-20(11-24-25-28)16-31-21(17)14-26(3)13-19-6-8-23-9-7-19/h6-9,11,17-18,21,29H,4-5,10,12-16H2,1-3H3/t17-,18-,21-/m1/s1. The lowest BCUT2D eigenvalue weighted by Crippen LogP contribution is -2.47. The average molecular weight is 431 g/mol. The lowest BCUT2D eigenvalue weighted by molar-refractivity contribution is -0.136. The second-order valence-corrected chi connectivity index (χ2v) is 8.51. The molecule has 0 saturated heterocycles. The van der Waals surface area contributed by atoms with Crippen LogP contribution in [0.4, 0.5) is 0 Å². The molecule has 0 aromatic carbocycles. The summed E-state index contributed by atoms with van der Waals surface area (Å²) >= 11 is 0. The maximum absolute atomic E-state index is 12.9. The minimum Gasteiger partial charge on any atom is -0.394 e. The van der Waals surface area contributed by atoms with E-state index < -0.39 is 0 Å². The van der Waals surface area contributed by atoms with Gasteiger partial charge in [0.05, 0.1) is 37.3 Å². The number of hydrogen-bond donors (Lipinski definition) is 1. The Morgan fingerprint density at radius 3 is 2.87 bits per heavy atom. The van der Waals surface area contributed by atoms with E-state index in [1.165, 1.54) is 5.56 Å². The van der Waals surface area contributed by atoms with Gasteiger partial charge in [-0.2, -0.15) is 0 Å². The van der Waals surface area contributed by atoms with Gasteiger partial charge in [-0.25, -0.2) is 4.68 Å². The Morgan fingerprint density at radius 2 is 2.13 bits per heavy atom. The van der Waals surface area contributed by atoms with Gasteiger partial charge >= 0.3 is 0 Å². The minimum atomic E-state index is -0.227. The summed E-state index contributed by atoms with van der Waals surface area (Å²) in [5.41, 5.74) is 2.11. The largest absolute Gasteiger partial charge is 0.394 e. The maximum atomic E-state index is 12.9. The fourth-order valence-electron chi connectivity index (χ4n) is 3.92. The van der Waals surface area contributed by atoms with Gasteiger partial charge in [-0.3, -0.25) is 14.7 Å². The van der Waals surface area contributed by atoms with Crippen LogP contribution in [0.1, 0.15) is 37.9 Å². The number of aliphatic hydroxyl groups excluding tert-OH is 1. The zero-order valence-corrected chi connectivity index (χ0v) is 18.7. The third-order valence-corrected chi connectivity index (χ3v) is 5.83. The molecule has 0 radical (unpaired) electrons. The van der Waals surface area contributed by atoms with Crippen LogP contribution in [0.3, 0.4) is 0 Å². The van der Waals surface area contributed by atoms with Crippen LogP contribution in [0, 0.1) is 5.92 Å². The summed E-state index contributed by atoms with van der Waals surface area (Å²) in [4.78, 5) is 21.0. The Morgan fingerprint density at radius 1 is 1.35 bits per heavy atom. The van der Waals surface area contributed by atoms with Gasteiger partial charge in [0.15, 0.2) is 0 Å². The topological polar surface area (TPSA) is 96.6 Å². The van der Waals surface area contributed by atoms with Crippen LogP contribution >= 0.6 is 0 Å². The van der Waals surface area contributed by atoms with Crippen LogP contribution in [0.5, 0.6) is 0 Å². The summed E-state index contributed by atoms with van der Waals surface area (Å²) < 4.78 is 8.18. The number of amides is 1. The van der Waals surface area contributed by atoms with Gasteiger partial charge in [0, 0.05) is 50.9 Å². The molecule has 31 heavy (non-hydrogen) atoms. The van der Waals surface area contributed by atoms with E-state index >= 15 is 0 Å². The highest BCUT2D eigenvalue weighted by Crippen LogP contribution is 2.18. The third-order valence-electron chi connectivity index (χ3n) is 5.83. The monoisotopic (exact) mass is 430 g/mol. The minimum absolute atomic E-state index is 0.0551. The van der Waals surface area contributed by atoms with Crippen LogP contribution in [0.15, 0.2) is 30.7 Å². The van der Waals surface area contributed by atoms with Crippen molar-refractivity contribution in [3.63, 3.8) is 0 Å². The van der Waals surface area contributed by atoms with E-state index in [-0.39, 0.29) is 30.6 Å². The van der Waals surface area contributed by atoms with Crippen molar-refractivity contribution in [3.05, 3.63) is 42.0 Å². The number of hydrogen-bond acceptors (Lipinski definition) is 7. The number of ether oxygens (including phenoxy) is 1. The molecule has 1 amide bonds. The molecule has 0 fully saturated rings. The van der Waals surface area contributed by atoms with Crippen molar-refractivity contribution in [1.29, 1.82) is 0 Å². The Kier molecular flexibility index (Phi) is 8.51. The second-order valence-electron chi connectivity index (χ2n) is 8.51. The maximum Gasteiger partial charge on any atom is 0.222 e. The van der Waals surface area contributed by atoms with Crippen molar-refractivity contribution in [2.75, 3.05) is 26.7 Å². The van der Waals surface area contributed by atoms with Gasteiger partial charge in [-0.1, -0.05) is 12.1 Å². The van der Waals surface area contributed by atoms with Crippen molar-refractivity contribution < 1.29 is 14.6 Å². The van der Waals surface area contributed by atoms with Gasteiger partial charge < -0.3 is 14.7 Å². The van der Waals surface area contributed by atoms with Crippen molar-refractivity contribution in [1.82, 2.24) is 29.8 Å². The number of nitrogens with zero attached hydrogens (tertiary/aromatic N) is 6. The van der Waals surface area contributed by atoms with Crippen LogP contribution < -0.4 is 0 Å². The highest BCUT2D eigenvalue weighted by Gasteiger charge is 2.28. The summed E-state index contributed by atoms with van der Waals surface area (Å²) in [5.74, 6) is 0.140. The molecule has 0 aliphatic carbocycles. The van der Waals surface area contributed by atoms with E-state index in [1.54, 1.807) is 23.5 Å². The first kappa shape index (κ1) is 23.3. The SMILES string of the molecule is C[C@@H]1CN([C@H](C)CO)C(=O)CCCn2nncc2CO[C@@H]1CN(C)Cc1ccncc1. The number of likely N-dealkylation sites (N-methyl/N-ethyl adjacent to an activating group) is 1. The van der Waals surface area contributed by atoms with E-state index in [4.69, 9.17) is 4.74 Å². The molecular weight excluding hydrogens is 396 g/mol. The Balaban J connectivity index is 1.77. The third kappa shape index (κ3) is 6.56. The second kappa shape index (κ2) is 11.3. The van der Waals surface area contributed by atoms with E-state index in [2.05, 4.69) is 34.2 Å². The Bertz CT molecular complexity index is 815. The molecular formula is C22H34N6O3. The fourth-order valence-corrected chi connectivity index (χ4v) is 3.92. The molecule has 0 spiro atoms. The van der Waals surface area contributed by atoms with Crippen molar-refractivity contribution in [3.8, 4) is 0 Å². The van der Waals surface area contributed by atoms with E-state index in [0.29, 0.717) is 39.1 Å². The predicted molar refractivity (Wildman–Crippen MR) is 116 cm³/mol. The van der Waals surface area contributed by atoms with Crippen molar-refractivity contribution in [2.45, 2.75) is 58.5 Å². The number of fused-ring (bicyclic) bond motifs is 1. The first-order valence-corrected chi connectivity index (χ1v) is 10.9. The average Bonchev–Trinajstić information content (AvgIpc) is 3.21. The van der Waals surface area contributed by atoms with Crippen LogP contribution in [-0.2, 0) is 29.2 Å². The highest BCUT2D eigenvalue weighted by molar-refractivity contribution is 5.76. The number of aryl methyl sites for hydroxylation is 1. The number of carbonyl (C=O) groups is 1. The smallest absolute Gasteiger partial charge is 0.222 e. The first-order chi connectivity index (χ1) is 15.0. The summed E-state index contributed by atoms with van der Waals surface area (Å²) in [7, 11) is 2.07. The lowest BCUT2D eigenvalue weighted by atomic mass is 10.0. The van der Waals surface area contributed by atoms with Gasteiger partial charge in [0.2, 0.25) is 5.91 Å². The van der Waals surface area contributed by atoms with Gasteiger partial charge in [0.1, 0.15) is 0 Å². The first-order valence-electron chi connectivity index (χ1n) is 10.9. The molecule has 1 aliphatic heterocycles. The zero-order valence-electron chi connectivity index (χ0n) is 18.7. The molecule has 3 heterocycles. The summed E-state index contributed by atoms with van der Waals surface area (Å²) in [6.45, 7) is 7.02. The quantitative estimate of drug-likeness (QED) is 0.738. The Labute approximate surface area is 184 Å². The number of carbonyl (C=O) groups excluding carboxylic acids is 1. The molecule has 1 aliphatic rings. The fraction of sp³-hybridized carbons (Fsp3) is 0.636. The normalized spacial score (nSPS) is 22.0. The highest BCUT2D eigenvalue weighted by atomic mass is 16.5. The van der Waals surface area contributed by atoms with Gasteiger partial charge in [-0.05, 0) is 38.1 Å². The van der Waals surface area contributed by atoms with E-state index in [9.17, 15) is 9.90 Å². The molecule has 0 unspecified atom stereocenters. The number of rotatable bonds is 6. The summed E-state index contributed by atoms with van der Waals surface area (Å²) in [5, 5.41) is 17.9.